The van der Waals surface area contributed by atoms with Crippen molar-refractivity contribution in [2.75, 3.05) is 19.0 Å². The van der Waals surface area contributed by atoms with Gasteiger partial charge in [-0.3, -0.25) is 4.68 Å². The minimum absolute atomic E-state index is 0.487. The molecule has 0 aliphatic rings. The molecular weight excluding hydrogens is 238 g/mol. The standard InChI is InChI=1S/C15H21N3O/c1-11-9-12(2)18(16-11)10-15(19)13-5-7-14(8-6-13)17(3)4/h5-9,15,19H,10H2,1-4H3. The summed E-state index contributed by atoms with van der Waals surface area (Å²) in [5.74, 6) is 0. The molecule has 1 aromatic heterocycles. The Morgan fingerprint density at radius 1 is 1.21 bits per heavy atom. The molecule has 0 amide bonds. The summed E-state index contributed by atoms with van der Waals surface area (Å²) in [6.07, 6.45) is -0.533. The Morgan fingerprint density at radius 3 is 2.32 bits per heavy atom. The second-order valence-electron chi connectivity index (χ2n) is 5.11. The maximum absolute atomic E-state index is 10.3. The molecule has 2 rings (SSSR count). The van der Waals surface area contributed by atoms with Gasteiger partial charge >= 0.3 is 0 Å². The molecule has 0 aliphatic heterocycles. The van der Waals surface area contributed by atoms with E-state index in [4.69, 9.17) is 0 Å². The van der Waals surface area contributed by atoms with Crippen LogP contribution in [0.2, 0.25) is 0 Å². The number of rotatable bonds is 4. The zero-order valence-electron chi connectivity index (χ0n) is 12.0. The van der Waals surface area contributed by atoms with Crippen molar-refractivity contribution < 1.29 is 5.11 Å². The lowest BCUT2D eigenvalue weighted by atomic mass is 10.1. The summed E-state index contributed by atoms with van der Waals surface area (Å²) in [5, 5.41) is 14.6. The van der Waals surface area contributed by atoms with Crippen LogP contribution in [0.4, 0.5) is 5.69 Å². The minimum Gasteiger partial charge on any atom is -0.386 e. The number of anilines is 1. The number of nitrogens with zero attached hydrogens (tertiary/aromatic N) is 3. The van der Waals surface area contributed by atoms with Gasteiger partial charge in [0, 0.05) is 25.5 Å². The van der Waals surface area contributed by atoms with Crippen molar-refractivity contribution in [2.24, 2.45) is 0 Å². The third-order valence-corrected chi connectivity index (χ3v) is 3.24. The third kappa shape index (κ3) is 3.15. The molecule has 2 aromatic rings. The summed E-state index contributed by atoms with van der Waals surface area (Å²) in [4.78, 5) is 2.04. The lowest BCUT2D eigenvalue weighted by molar-refractivity contribution is 0.150. The first-order valence-electron chi connectivity index (χ1n) is 6.44. The molecule has 1 N–H and O–H groups in total. The van der Waals surface area contributed by atoms with E-state index in [0.717, 1.165) is 22.6 Å². The lowest BCUT2D eigenvalue weighted by Gasteiger charge is -2.16. The van der Waals surface area contributed by atoms with Crippen LogP contribution in [0.15, 0.2) is 30.3 Å². The highest BCUT2D eigenvalue weighted by Gasteiger charge is 2.11. The zero-order valence-corrected chi connectivity index (χ0v) is 12.0. The van der Waals surface area contributed by atoms with Crippen molar-refractivity contribution in [3.8, 4) is 0 Å². The average molecular weight is 259 g/mol. The fraction of sp³-hybridized carbons (Fsp3) is 0.400. The van der Waals surface area contributed by atoms with Crippen LogP contribution in [0, 0.1) is 13.8 Å². The second-order valence-corrected chi connectivity index (χ2v) is 5.11. The van der Waals surface area contributed by atoms with Gasteiger partial charge in [0.15, 0.2) is 0 Å². The Balaban J connectivity index is 2.11. The summed E-state index contributed by atoms with van der Waals surface area (Å²) < 4.78 is 1.85. The molecule has 4 heteroatoms. The molecular formula is C15H21N3O. The Hall–Kier alpha value is -1.81. The largest absolute Gasteiger partial charge is 0.386 e. The van der Waals surface area contributed by atoms with Gasteiger partial charge in [-0.1, -0.05) is 12.1 Å². The Kier molecular flexibility index (Phi) is 3.90. The first-order chi connectivity index (χ1) is 8.97. The van der Waals surface area contributed by atoms with E-state index in [9.17, 15) is 5.11 Å². The predicted octanol–water partition coefficient (Wildman–Crippen LogP) is 2.30. The molecule has 102 valence electrons. The highest BCUT2D eigenvalue weighted by molar-refractivity contribution is 5.46. The van der Waals surface area contributed by atoms with E-state index in [1.165, 1.54) is 0 Å². The predicted molar refractivity (Wildman–Crippen MR) is 77.4 cm³/mol. The van der Waals surface area contributed by atoms with Crippen molar-refractivity contribution in [1.29, 1.82) is 0 Å². The van der Waals surface area contributed by atoms with Crippen LogP contribution in [0.5, 0.6) is 0 Å². The quantitative estimate of drug-likeness (QED) is 0.916. The molecule has 1 aromatic carbocycles. The van der Waals surface area contributed by atoms with Crippen LogP contribution < -0.4 is 4.90 Å². The summed E-state index contributed by atoms with van der Waals surface area (Å²) >= 11 is 0. The Morgan fingerprint density at radius 2 is 1.84 bits per heavy atom. The molecule has 4 nitrogen and oxygen atoms in total. The van der Waals surface area contributed by atoms with Gasteiger partial charge in [0.1, 0.15) is 0 Å². The van der Waals surface area contributed by atoms with E-state index in [0.29, 0.717) is 6.54 Å². The molecule has 0 spiro atoms. The number of aryl methyl sites for hydroxylation is 2. The van der Waals surface area contributed by atoms with Crippen LogP contribution in [0.3, 0.4) is 0 Å². The molecule has 1 unspecified atom stereocenters. The fourth-order valence-corrected chi connectivity index (χ4v) is 2.12. The molecule has 0 radical (unpaired) electrons. The number of aliphatic hydroxyl groups excluding tert-OH is 1. The van der Waals surface area contributed by atoms with Gasteiger partial charge in [-0.25, -0.2) is 0 Å². The van der Waals surface area contributed by atoms with Gasteiger partial charge in [0.2, 0.25) is 0 Å². The topological polar surface area (TPSA) is 41.3 Å². The van der Waals surface area contributed by atoms with E-state index in [1.54, 1.807) is 0 Å². The number of hydrogen-bond donors (Lipinski definition) is 1. The van der Waals surface area contributed by atoms with Crippen LogP contribution in [0.25, 0.3) is 0 Å². The van der Waals surface area contributed by atoms with E-state index < -0.39 is 6.10 Å². The number of benzene rings is 1. The van der Waals surface area contributed by atoms with Crippen molar-refractivity contribution in [2.45, 2.75) is 26.5 Å². The van der Waals surface area contributed by atoms with Crippen LogP contribution in [-0.4, -0.2) is 29.0 Å². The Labute approximate surface area is 114 Å². The summed E-state index contributed by atoms with van der Waals surface area (Å²) in [6, 6.07) is 9.97. The van der Waals surface area contributed by atoms with E-state index >= 15 is 0 Å². The van der Waals surface area contributed by atoms with Crippen LogP contribution >= 0.6 is 0 Å². The molecule has 0 fully saturated rings. The summed E-state index contributed by atoms with van der Waals surface area (Å²) in [7, 11) is 4.00. The van der Waals surface area contributed by atoms with Gasteiger partial charge in [-0.15, -0.1) is 0 Å². The number of aromatic nitrogens is 2. The SMILES string of the molecule is Cc1cc(C)n(CC(O)c2ccc(N(C)C)cc2)n1. The van der Waals surface area contributed by atoms with Gasteiger partial charge in [0.25, 0.3) is 0 Å². The highest BCUT2D eigenvalue weighted by Crippen LogP contribution is 2.19. The lowest BCUT2D eigenvalue weighted by Crippen LogP contribution is -2.12. The normalized spacial score (nSPS) is 12.5. The van der Waals surface area contributed by atoms with Crippen molar-refractivity contribution in [3.05, 3.63) is 47.3 Å². The molecule has 0 bridgehead atoms. The van der Waals surface area contributed by atoms with Crippen molar-refractivity contribution >= 4 is 5.69 Å². The average Bonchev–Trinajstić information content (AvgIpc) is 2.68. The molecule has 19 heavy (non-hydrogen) atoms. The zero-order chi connectivity index (χ0) is 14.0. The molecule has 1 heterocycles. The number of hydrogen-bond acceptors (Lipinski definition) is 3. The van der Waals surface area contributed by atoms with Crippen molar-refractivity contribution in [3.63, 3.8) is 0 Å². The van der Waals surface area contributed by atoms with Gasteiger partial charge in [-0.2, -0.15) is 5.10 Å². The highest BCUT2D eigenvalue weighted by atomic mass is 16.3. The van der Waals surface area contributed by atoms with Crippen LogP contribution in [-0.2, 0) is 6.54 Å². The summed E-state index contributed by atoms with van der Waals surface area (Å²) in [5.41, 5.74) is 4.09. The maximum Gasteiger partial charge on any atom is 0.0986 e. The van der Waals surface area contributed by atoms with Crippen LogP contribution in [0.1, 0.15) is 23.1 Å². The molecule has 0 saturated heterocycles. The van der Waals surface area contributed by atoms with Gasteiger partial charge < -0.3 is 10.0 Å². The minimum atomic E-state index is -0.533. The molecule has 0 saturated carbocycles. The monoisotopic (exact) mass is 259 g/mol. The van der Waals surface area contributed by atoms with Crippen molar-refractivity contribution in [1.82, 2.24) is 9.78 Å². The van der Waals surface area contributed by atoms with E-state index in [1.807, 2.05) is 67.9 Å². The summed E-state index contributed by atoms with van der Waals surface area (Å²) in [6.45, 7) is 4.45. The third-order valence-electron chi connectivity index (χ3n) is 3.24. The first kappa shape index (κ1) is 13.6. The fourth-order valence-electron chi connectivity index (χ4n) is 2.12. The van der Waals surface area contributed by atoms with E-state index in [-0.39, 0.29) is 0 Å². The smallest absolute Gasteiger partial charge is 0.0986 e. The molecule has 1 atom stereocenters. The maximum atomic E-state index is 10.3. The number of aliphatic hydroxyl groups is 1. The second kappa shape index (κ2) is 5.45. The first-order valence-corrected chi connectivity index (χ1v) is 6.44. The van der Waals surface area contributed by atoms with Gasteiger partial charge in [0.05, 0.1) is 18.3 Å². The Bertz CT molecular complexity index is 543. The van der Waals surface area contributed by atoms with E-state index in [2.05, 4.69) is 5.10 Å². The van der Waals surface area contributed by atoms with Gasteiger partial charge in [-0.05, 0) is 37.6 Å². The molecule has 0 aliphatic carbocycles.